The number of fused-ring (bicyclic) bond motifs is 2. The second-order valence-corrected chi connectivity index (χ2v) is 5.56. The summed E-state index contributed by atoms with van der Waals surface area (Å²) in [6, 6.07) is 16.1. The van der Waals surface area contributed by atoms with Crippen LogP contribution in [0.3, 0.4) is 0 Å². The maximum atomic E-state index is 11.8. The summed E-state index contributed by atoms with van der Waals surface area (Å²) in [5.41, 5.74) is 2.90. The molecule has 0 saturated heterocycles. The van der Waals surface area contributed by atoms with Crippen molar-refractivity contribution in [2.75, 3.05) is 18.5 Å². The zero-order valence-corrected chi connectivity index (χ0v) is 13.4. The number of ether oxygens (including phenoxy) is 1. The minimum atomic E-state index is -0.208. The fraction of sp³-hybridized carbons (Fsp3) is 0.263. The van der Waals surface area contributed by atoms with Crippen molar-refractivity contribution in [2.45, 2.75) is 13.8 Å². The predicted octanol–water partition coefficient (Wildman–Crippen LogP) is 4.00. The third kappa shape index (κ3) is 3.11. The maximum Gasteiger partial charge on any atom is 0.310 e. The Morgan fingerprint density at radius 1 is 1.09 bits per heavy atom. The molecular formula is C19H20N2O2. The van der Waals surface area contributed by atoms with Gasteiger partial charge in [0.05, 0.1) is 29.2 Å². The Labute approximate surface area is 135 Å². The van der Waals surface area contributed by atoms with Gasteiger partial charge in [0.15, 0.2) is 0 Å². The van der Waals surface area contributed by atoms with Crippen molar-refractivity contribution in [3.05, 3.63) is 48.5 Å². The van der Waals surface area contributed by atoms with Crippen molar-refractivity contribution in [3.8, 4) is 0 Å². The third-order valence-electron chi connectivity index (χ3n) is 3.86. The van der Waals surface area contributed by atoms with Crippen LogP contribution in [0, 0.1) is 5.92 Å². The molecule has 0 saturated carbocycles. The number of nitrogens with zero attached hydrogens (tertiary/aromatic N) is 1. The summed E-state index contributed by atoms with van der Waals surface area (Å²) < 4.78 is 5.08. The lowest BCUT2D eigenvalue weighted by molar-refractivity contribution is -0.146. The van der Waals surface area contributed by atoms with Crippen LogP contribution in [0.1, 0.15) is 13.8 Å². The zero-order chi connectivity index (χ0) is 16.2. The van der Waals surface area contributed by atoms with E-state index in [-0.39, 0.29) is 11.9 Å². The van der Waals surface area contributed by atoms with Gasteiger partial charge in [-0.15, -0.1) is 0 Å². The SMILES string of the molecule is CCOC(=O)C(C)CNc1c2ccccc2nc2ccccc12. The largest absolute Gasteiger partial charge is 0.466 e. The summed E-state index contributed by atoms with van der Waals surface area (Å²) in [7, 11) is 0. The van der Waals surface area contributed by atoms with Gasteiger partial charge in [0.1, 0.15) is 0 Å². The van der Waals surface area contributed by atoms with Gasteiger partial charge in [-0.2, -0.15) is 0 Å². The fourth-order valence-corrected chi connectivity index (χ4v) is 2.65. The normalized spacial score (nSPS) is 12.3. The first-order valence-electron chi connectivity index (χ1n) is 7.88. The Balaban J connectivity index is 1.98. The Kier molecular flexibility index (Phi) is 4.42. The predicted molar refractivity (Wildman–Crippen MR) is 93.5 cm³/mol. The van der Waals surface area contributed by atoms with E-state index in [1.165, 1.54) is 0 Å². The molecule has 23 heavy (non-hydrogen) atoms. The molecule has 0 radical (unpaired) electrons. The van der Waals surface area contributed by atoms with Crippen LogP contribution in [-0.2, 0) is 9.53 Å². The molecule has 1 heterocycles. The van der Waals surface area contributed by atoms with Crippen LogP contribution in [0.4, 0.5) is 5.69 Å². The summed E-state index contributed by atoms with van der Waals surface area (Å²) in [6.45, 7) is 4.62. The van der Waals surface area contributed by atoms with E-state index in [9.17, 15) is 4.79 Å². The van der Waals surface area contributed by atoms with Crippen LogP contribution in [0.2, 0.25) is 0 Å². The number of nitrogens with one attached hydrogen (secondary N) is 1. The van der Waals surface area contributed by atoms with Crippen LogP contribution in [0.15, 0.2) is 48.5 Å². The number of carbonyl (C=O) groups is 1. The smallest absolute Gasteiger partial charge is 0.310 e. The number of carbonyl (C=O) groups excluding carboxylic acids is 1. The number of anilines is 1. The van der Waals surface area contributed by atoms with E-state index in [2.05, 4.69) is 5.32 Å². The van der Waals surface area contributed by atoms with Gasteiger partial charge >= 0.3 is 5.97 Å². The lowest BCUT2D eigenvalue weighted by Gasteiger charge is -2.16. The van der Waals surface area contributed by atoms with Crippen molar-refractivity contribution < 1.29 is 9.53 Å². The van der Waals surface area contributed by atoms with Crippen molar-refractivity contribution in [1.82, 2.24) is 4.98 Å². The number of pyridine rings is 1. The highest BCUT2D eigenvalue weighted by molar-refractivity contribution is 6.07. The van der Waals surface area contributed by atoms with Crippen LogP contribution < -0.4 is 5.32 Å². The lowest BCUT2D eigenvalue weighted by Crippen LogP contribution is -2.22. The Morgan fingerprint density at radius 3 is 2.22 bits per heavy atom. The van der Waals surface area contributed by atoms with Gasteiger partial charge in [-0.25, -0.2) is 4.98 Å². The molecule has 0 spiro atoms. The van der Waals surface area contributed by atoms with E-state index < -0.39 is 0 Å². The highest BCUT2D eigenvalue weighted by Crippen LogP contribution is 2.30. The summed E-state index contributed by atoms with van der Waals surface area (Å²) in [4.78, 5) is 16.5. The van der Waals surface area contributed by atoms with Gasteiger partial charge in [-0.05, 0) is 19.1 Å². The Morgan fingerprint density at radius 2 is 1.65 bits per heavy atom. The molecule has 0 aliphatic heterocycles. The first-order valence-corrected chi connectivity index (χ1v) is 7.88. The number of aromatic nitrogens is 1. The van der Waals surface area contributed by atoms with E-state index in [0.29, 0.717) is 13.2 Å². The van der Waals surface area contributed by atoms with Crippen molar-refractivity contribution in [3.63, 3.8) is 0 Å². The molecule has 4 nitrogen and oxygen atoms in total. The molecule has 3 aromatic rings. The van der Waals surface area contributed by atoms with E-state index in [4.69, 9.17) is 9.72 Å². The van der Waals surface area contributed by atoms with Gasteiger partial charge in [-0.1, -0.05) is 43.3 Å². The summed E-state index contributed by atoms with van der Waals surface area (Å²) in [5.74, 6) is -0.386. The molecule has 0 amide bonds. The Bertz CT molecular complexity index is 791. The molecule has 4 heteroatoms. The molecule has 0 bridgehead atoms. The summed E-state index contributed by atoms with van der Waals surface area (Å²) in [6.07, 6.45) is 0. The lowest BCUT2D eigenvalue weighted by atomic mass is 10.1. The summed E-state index contributed by atoms with van der Waals surface area (Å²) >= 11 is 0. The van der Waals surface area contributed by atoms with Crippen molar-refractivity contribution in [1.29, 1.82) is 0 Å². The highest BCUT2D eigenvalue weighted by atomic mass is 16.5. The average molecular weight is 308 g/mol. The standard InChI is InChI=1S/C19H20N2O2/c1-3-23-19(22)13(2)12-20-18-14-8-4-6-10-16(14)21-17-11-7-5-9-15(17)18/h4-11,13H,3,12H2,1-2H3,(H,20,21). The van der Waals surface area contributed by atoms with Crippen molar-refractivity contribution in [2.24, 2.45) is 5.92 Å². The summed E-state index contributed by atoms with van der Waals surface area (Å²) in [5, 5.41) is 5.54. The number of hydrogen-bond donors (Lipinski definition) is 1. The second-order valence-electron chi connectivity index (χ2n) is 5.56. The number of rotatable bonds is 5. The van der Waals surface area contributed by atoms with Crippen LogP contribution in [-0.4, -0.2) is 24.1 Å². The van der Waals surface area contributed by atoms with E-state index in [0.717, 1.165) is 27.5 Å². The first kappa shape index (κ1) is 15.3. The van der Waals surface area contributed by atoms with Gasteiger partial charge in [0.25, 0.3) is 0 Å². The number of hydrogen-bond acceptors (Lipinski definition) is 4. The molecule has 1 unspecified atom stereocenters. The molecule has 1 aromatic heterocycles. The topological polar surface area (TPSA) is 51.2 Å². The number of benzene rings is 2. The number of esters is 1. The number of para-hydroxylation sites is 2. The average Bonchev–Trinajstić information content (AvgIpc) is 2.58. The first-order chi connectivity index (χ1) is 11.2. The molecular weight excluding hydrogens is 288 g/mol. The minimum Gasteiger partial charge on any atom is -0.466 e. The second kappa shape index (κ2) is 6.65. The van der Waals surface area contributed by atoms with E-state index in [1.807, 2.05) is 62.4 Å². The zero-order valence-electron chi connectivity index (χ0n) is 13.4. The minimum absolute atomic E-state index is 0.178. The van der Waals surface area contributed by atoms with Crippen molar-refractivity contribution >= 4 is 33.5 Å². The van der Waals surface area contributed by atoms with E-state index >= 15 is 0 Å². The molecule has 3 rings (SSSR count). The van der Waals surface area contributed by atoms with Gasteiger partial charge in [0.2, 0.25) is 0 Å². The third-order valence-corrected chi connectivity index (χ3v) is 3.86. The quantitative estimate of drug-likeness (QED) is 0.572. The van der Waals surface area contributed by atoms with Crippen LogP contribution in [0.5, 0.6) is 0 Å². The van der Waals surface area contributed by atoms with Crippen LogP contribution >= 0.6 is 0 Å². The molecule has 0 fully saturated rings. The molecule has 0 aliphatic rings. The monoisotopic (exact) mass is 308 g/mol. The van der Waals surface area contributed by atoms with Gasteiger partial charge in [-0.3, -0.25) is 4.79 Å². The molecule has 118 valence electrons. The van der Waals surface area contributed by atoms with Gasteiger partial charge in [0, 0.05) is 17.3 Å². The molecule has 0 aliphatic carbocycles. The highest BCUT2D eigenvalue weighted by Gasteiger charge is 2.15. The Hall–Kier alpha value is -2.62. The van der Waals surface area contributed by atoms with Crippen LogP contribution in [0.25, 0.3) is 21.8 Å². The fourth-order valence-electron chi connectivity index (χ4n) is 2.65. The van der Waals surface area contributed by atoms with Gasteiger partial charge < -0.3 is 10.1 Å². The molecule has 1 atom stereocenters. The molecule has 1 N–H and O–H groups in total. The molecule has 2 aromatic carbocycles. The maximum absolute atomic E-state index is 11.8. The van der Waals surface area contributed by atoms with E-state index in [1.54, 1.807) is 0 Å².